The summed E-state index contributed by atoms with van der Waals surface area (Å²) in [5, 5.41) is 8.86. The maximum Gasteiger partial charge on any atom is 0.294 e. The Kier molecular flexibility index (Phi) is 9.81. The van der Waals surface area contributed by atoms with Crippen molar-refractivity contribution in [1.29, 1.82) is 0 Å². The van der Waals surface area contributed by atoms with E-state index in [4.69, 9.17) is 4.74 Å². The number of hydrogen-bond donors (Lipinski definition) is 3. The van der Waals surface area contributed by atoms with Crippen LogP contribution in [0.25, 0.3) is 0 Å². The third-order valence-electron chi connectivity index (χ3n) is 7.74. The molecular weight excluding hydrogens is 556 g/mol. The highest BCUT2D eigenvalue weighted by Gasteiger charge is 2.32. The molecule has 10 heteroatoms. The Hall–Kier alpha value is -4.83. The van der Waals surface area contributed by atoms with Crippen LogP contribution >= 0.6 is 0 Å². The summed E-state index contributed by atoms with van der Waals surface area (Å²) in [6, 6.07) is 20.7. The molecule has 2 amide bonds. The summed E-state index contributed by atoms with van der Waals surface area (Å²) in [6.45, 7) is 6.51. The fourth-order valence-corrected chi connectivity index (χ4v) is 5.37. The number of pyridine rings is 1. The van der Waals surface area contributed by atoms with Crippen molar-refractivity contribution in [2.75, 3.05) is 25.0 Å². The van der Waals surface area contributed by atoms with Gasteiger partial charge in [-0.25, -0.2) is 4.98 Å². The minimum atomic E-state index is -0.859. The second kappa shape index (κ2) is 14.1. The van der Waals surface area contributed by atoms with Gasteiger partial charge in [-0.1, -0.05) is 66.2 Å². The van der Waals surface area contributed by atoms with Gasteiger partial charge in [-0.15, -0.1) is 0 Å². The van der Waals surface area contributed by atoms with Gasteiger partial charge in [0, 0.05) is 48.4 Å². The van der Waals surface area contributed by atoms with Crippen molar-refractivity contribution >= 4 is 17.6 Å². The molecule has 1 aliphatic heterocycles. The van der Waals surface area contributed by atoms with Gasteiger partial charge in [-0.3, -0.25) is 23.9 Å². The van der Waals surface area contributed by atoms with E-state index in [-0.39, 0.29) is 35.7 Å². The number of hydrogen-bond acceptors (Lipinski definition) is 7. The molecule has 4 aromatic rings. The van der Waals surface area contributed by atoms with Crippen LogP contribution < -0.4 is 21.5 Å². The Morgan fingerprint density at radius 1 is 0.955 bits per heavy atom. The molecule has 0 bridgehead atoms. The van der Waals surface area contributed by atoms with Crippen molar-refractivity contribution in [3.63, 3.8) is 0 Å². The Labute approximate surface area is 256 Å². The van der Waals surface area contributed by atoms with Gasteiger partial charge in [0.05, 0.1) is 0 Å². The number of aromatic nitrogens is 3. The van der Waals surface area contributed by atoms with Crippen LogP contribution in [0.15, 0.2) is 83.9 Å². The van der Waals surface area contributed by atoms with E-state index in [0.717, 1.165) is 22.4 Å². The number of carbonyl (C=O) groups excluding carboxylic acids is 2. The van der Waals surface area contributed by atoms with E-state index < -0.39 is 12.3 Å². The quantitative estimate of drug-likeness (QED) is 0.212. The van der Waals surface area contributed by atoms with Crippen LogP contribution in [0.3, 0.4) is 0 Å². The highest BCUT2D eigenvalue weighted by molar-refractivity contribution is 5.81. The van der Waals surface area contributed by atoms with Crippen molar-refractivity contribution in [2.24, 2.45) is 0 Å². The van der Waals surface area contributed by atoms with E-state index in [1.54, 1.807) is 6.20 Å². The first-order valence-electron chi connectivity index (χ1n) is 14.9. The summed E-state index contributed by atoms with van der Waals surface area (Å²) in [5.74, 6) is -0.598. The van der Waals surface area contributed by atoms with E-state index in [0.29, 0.717) is 37.2 Å². The molecule has 1 unspecified atom stereocenters. The average molecular weight is 595 g/mol. The van der Waals surface area contributed by atoms with Gasteiger partial charge in [0.15, 0.2) is 12.0 Å². The first kappa shape index (κ1) is 30.6. The predicted octanol–water partition coefficient (Wildman–Crippen LogP) is 3.95. The largest absolute Gasteiger partial charge is 0.364 e. The minimum Gasteiger partial charge on any atom is -0.364 e. The van der Waals surface area contributed by atoms with Crippen molar-refractivity contribution in [2.45, 2.75) is 51.8 Å². The number of ether oxygens (including phenoxy) is 1. The van der Waals surface area contributed by atoms with Crippen LogP contribution in [0.5, 0.6) is 0 Å². The standard InChI is InChI=1S/C34H38N6O4/c1-4-35-30(41)21-44-33(25-8-6-5-7-9-25)39-32(42)29-17-15-26-19-37-31(34(43)40(26)29)38-20-27(24-13-10-22(2)11-14-24)28-16-12-23(3)18-36-28/h5-14,16,18-19,27,29,33H,4,15,17,20-21H2,1-3H3,(H,35,41)(H,37,38)(H,39,42)/t27-,29-,33?/m0/s1. The van der Waals surface area contributed by atoms with E-state index in [9.17, 15) is 14.4 Å². The second-order valence-electron chi connectivity index (χ2n) is 11.0. The zero-order chi connectivity index (χ0) is 31.1. The molecule has 3 N–H and O–H groups in total. The van der Waals surface area contributed by atoms with Crippen LogP contribution in [-0.2, 0) is 20.7 Å². The molecule has 2 aromatic carbocycles. The summed E-state index contributed by atoms with van der Waals surface area (Å²) in [7, 11) is 0. The molecule has 1 aliphatic rings. The number of anilines is 1. The Bertz CT molecular complexity index is 1590. The first-order chi connectivity index (χ1) is 21.3. The number of aryl methyl sites for hydroxylation is 3. The Balaban J connectivity index is 1.35. The molecule has 228 valence electrons. The number of benzene rings is 2. The lowest BCUT2D eigenvalue weighted by Crippen LogP contribution is -2.40. The Morgan fingerprint density at radius 3 is 2.41 bits per heavy atom. The normalized spacial score (nSPS) is 15.2. The third-order valence-corrected chi connectivity index (χ3v) is 7.74. The molecule has 3 heterocycles. The van der Waals surface area contributed by atoms with Gasteiger partial charge in [0.25, 0.3) is 5.56 Å². The molecule has 0 aliphatic carbocycles. The van der Waals surface area contributed by atoms with Gasteiger partial charge in [-0.05, 0) is 50.8 Å². The van der Waals surface area contributed by atoms with Crippen LogP contribution in [0.2, 0.25) is 0 Å². The summed E-state index contributed by atoms with van der Waals surface area (Å²) in [4.78, 5) is 48.5. The molecule has 5 rings (SSSR count). The van der Waals surface area contributed by atoms with E-state index in [1.165, 1.54) is 4.57 Å². The Morgan fingerprint density at radius 2 is 1.70 bits per heavy atom. The molecule has 0 radical (unpaired) electrons. The highest BCUT2D eigenvalue weighted by atomic mass is 16.5. The van der Waals surface area contributed by atoms with Crippen molar-refractivity contribution in [3.05, 3.63) is 123 Å². The van der Waals surface area contributed by atoms with Crippen molar-refractivity contribution < 1.29 is 14.3 Å². The lowest BCUT2D eigenvalue weighted by atomic mass is 9.94. The van der Waals surface area contributed by atoms with Gasteiger partial charge < -0.3 is 20.7 Å². The summed E-state index contributed by atoms with van der Waals surface area (Å²) >= 11 is 0. The number of fused-ring (bicyclic) bond motifs is 1. The number of likely N-dealkylation sites (N-methyl/N-ethyl adjacent to an activating group) is 1. The highest BCUT2D eigenvalue weighted by Crippen LogP contribution is 2.27. The third kappa shape index (κ3) is 7.20. The fourth-order valence-electron chi connectivity index (χ4n) is 5.37. The molecule has 3 atom stereocenters. The van der Waals surface area contributed by atoms with Crippen LogP contribution in [-0.4, -0.2) is 46.0 Å². The first-order valence-corrected chi connectivity index (χ1v) is 14.9. The zero-order valence-corrected chi connectivity index (χ0v) is 25.2. The minimum absolute atomic E-state index is 0.122. The maximum atomic E-state index is 13.8. The fraction of sp³-hybridized carbons (Fsp3) is 0.324. The molecule has 0 spiro atoms. The lowest BCUT2D eigenvalue weighted by Gasteiger charge is -2.23. The molecule has 10 nitrogen and oxygen atoms in total. The monoisotopic (exact) mass is 594 g/mol. The van der Waals surface area contributed by atoms with Gasteiger partial charge in [0.1, 0.15) is 12.6 Å². The summed E-state index contributed by atoms with van der Waals surface area (Å²) in [5.41, 5.74) is 5.19. The molecule has 0 saturated carbocycles. The van der Waals surface area contributed by atoms with Crippen LogP contribution in [0.1, 0.15) is 65.2 Å². The molecule has 0 fully saturated rings. The molecule has 2 aromatic heterocycles. The van der Waals surface area contributed by atoms with E-state index in [2.05, 4.69) is 50.2 Å². The predicted molar refractivity (Wildman–Crippen MR) is 168 cm³/mol. The summed E-state index contributed by atoms with van der Waals surface area (Å²) in [6.07, 6.45) is 3.62. The molecule has 44 heavy (non-hydrogen) atoms. The number of amides is 2. The van der Waals surface area contributed by atoms with Gasteiger partial charge in [0.2, 0.25) is 11.8 Å². The number of carbonyl (C=O) groups is 2. The topological polar surface area (TPSA) is 127 Å². The smallest absolute Gasteiger partial charge is 0.294 e. The van der Waals surface area contributed by atoms with E-state index in [1.807, 2.05) is 69.4 Å². The van der Waals surface area contributed by atoms with Gasteiger partial charge in [-0.2, -0.15) is 0 Å². The van der Waals surface area contributed by atoms with Gasteiger partial charge >= 0.3 is 0 Å². The van der Waals surface area contributed by atoms with Crippen LogP contribution in [0.4, 0.5) is 5.82 Å². The lowest BCUT2D eigenvalue weighted by molar-refractivity contribution is -0.135. The maximum absolute atomic E-state index is 13.8. The molecule has 0 saturated heterocycles. The second-order valence-corrected chi connectivity index (χ2v) is 11.0. The summed E-state index contributed by atoms with van der Waals surface area (Å²) < 4.78 is 7.33. The van der Waals surface area contributed by atoms with Crippen molar-refractivity contribution in [3.8, 4) is 0 Å². The average Bonchev–Trinajstić information content (AvgIpc) is 3.48. The number of rotatable bonds is 12. The SMILES string of the molecule is CCNC(=O)COC(NC(=O)[C@@H]1CCc2cnc(NC[C@@H](c3ccc(C)cc3)c3ccc(C)cn3)c(=O)n21)c1ccccc1. The number of nitrogens with zero attached hydrogens (tertiary/aromatic N) is 3. The van der Waals surface area contributed by atoms with Crippen LogP contribution in [0, 0.1) is 13.8 Å². The molecular formula is C34H38N6O4. The zero-order valence-electron chi connectivity index (χ0n) is 25.2. The van der Waals surface area contributed by atoms with Crippen molar-refractivity contribution in [1.82, 2.24) is 25.2 Å². The number of nitrogens with one attached hydrogen (secondary N) is 3. The van der Waals surface area contributed by atoms with E-state index >= 15 is 0 Å².